The van der Waals surface area contributed by atoms with Gasteiger partial charge in [0.25, 0.3) is 7.82 Å². The van der Waals surface area contributed by atoms with Crippen LogP contribution in [0.1, 0.15) is 278 Å². The Bertz CT molecular complexity index is 1100. The van der Waals surface area contributed by atoms with Gasteiger partial charge in [-0.3, -0.25) is 19.1 Å². The van der Waals surface area contributed by atoms with E-state index < -0.39 is 26.6 Å². The third-order valence-electron chi connectivity index (χ3n) is 13.0. The Morgan fingerprint density at radius 3 is 1.15 bits per heavy atom. The van der Waals surface area contributed by atoms with Gasteiger partial charge >= 0.3 is 0 Å². The van der Waals surface area contributed by atoms with Gasteiger partial charge in [-0.05, 0) is 25.7 Å². The van der Waals surface area contributed by atoms with Crippen LogP contribution < -0.4 is 4.89 Å². The van der Waals surface area contributed by atoms with Crippen molar-refractivity contribution >= 4 is 19.6 Å². The van der Waals surface area contributed by atoms with Gasteiger partial charge in [0.15, 0.2) is 0 Å². The molecule has 0 heterocycles. The van der Waals surface area contributed by atoms with Crippen LogP contribution in [0.25, 0.3) is 0 Å². The van der Waals surface area contributed by atoms with Crippen molar-refractivity contribution in [3.05, 3.63) is 12.2 Å². The fourth-order valence-electron chi connectivity index (χ4n) is 8.59. The van der Waals surface area contributed by atoms with Gasteiger partial charge in [-0.25, -0.2) is 0 Å². The van der Waals surface area contributed by atoms with E-state index in [0.29, 0.717) is 23.9 Å². The molecular formula is C55H109N2O7P. The summed E-state index contributed by atoms with van der Waals surface area (Å²) in [5, 5.41) is 11.7. The molecule has 2 amide bonds. The van der Waals surface area contributed by atoms with E-state index in [4.69, 9.17) is 9.05 Å². The average Bonchev–Trinajstić information content (AvgIpc) is 3.26. The number of quaternary nitrogens is 1. The first-order valence-electron chi connectivity index (χ1n) is 28.0. The molecule has 0 saturated carbocycles. The van der Waals surface area contributed by atoms with Crippen molar-refractivity contribution in [2.75, 3.05) is 40.9 Å². The summed E-state index contributed by atoms with van der Waals surface area (Å²) in [6.07, 6.45) is 48.0. The van der Waals surface area contributed by atoms with Crippen molar-refractivity contribution in [1.29, 1.82) is 0 Å². The summed E-state index contributed by atoms with van der Waals surface area (Å²) in [6, 6.07) is -1.18. The minimum absolute atomic E-state index is 0.0595. The Morgan fingerprint density at radius 1 is 0.523 bits per heavy atom. The number of rotatable bonds is 50. The predicted molar refractivity (Wildman–Crippen MR) is 275 cm³/mol. The SMILES string of the molecule is CCCCCCCCCCCCC/C=C/[C@@H](O)[C@H](COP(=O)([O-])OCC[N+](C)(C)C)N(C(=O)CCCCCCCCCCCCCCC)C(=O)CCCCCCCCCCCCCCC. The summed E-state index contributed by atoms with van der Waals surface area (Å²) in [4.78, 5) is 42.3. The molecule has 0 bridgehead atoms. The van der Waals surface area contributed by atoms with Crippen LogP contribution in [-0.4, -0.2) is 79.4 Å². The Hall–Kier alpha value is -1.09. The first-order chi connectivity index (χ1) is 31.4. The predicted octanol–water partition coefficient (Wildman–Crippen LogP) is 15.5. The maximum absolute atomic E-state index is 14.1. The summed E-state index contributed by atoms with van der Waals surface area (Å²) >= 11 is 0. The molecule has 65 heavy (non-hydrogen) atoms. The normalized spacial score (nSPS) is 14.0. The van der Waals surface area contributed by atoms with Crippen molar-refractivity contribution in [2.45, 2.75) is 290 Å². The Morgan fingerprint density at radius 2 is 0.831 bits per heavy atom. The molecule has 386 valence electrons. The molecule has 0 rings (SSSR count). The van der Waals surface area contributed by atoms with Crippen molar-refractivity contribution < 1.29 is 37.7 Å². The standard InChI is InChI=1S/C55H109N2O7P/c1-7-10-13-16-19-22-25-28-31-34-37-40-43-46-53(58)52(51-64-65(61,62)63-50-49-57(4,5)6)56(54(59)47-44-41-38-35-32-29-26-23-20-17-14-11-8-2)55(60)48-45-42-39-36-33-30-27-24-21-18-15-12-9-3/h43,46,52-53,58H,7-42,44-45,47-51H2,1-6H3/b46-43+/t52-,53+/m0/s1. The van der Waals surface area contributed by atoms with Crippen LogP contribution in [0.4, 0.5) is 0 Å². The second-order valence-corrected chi connectivity index (χ2v) is 22.0. The summed E-state index contributed by atoms with van der Waals surface area (Å²) < 4.78 is 24.1. The minimum Gasteiger partial charge on any atom is -0.756 e. The number of imide groups is 1. The zero-order chi connectivity index (χ0) is 48.1. The van der Waals surface area contributed by atoms with E-state index in [1.54, 1.807) is 6.08 Å². The van der Waals surface area contributed by atoms with Crippen LogP contribution in [0.15, 0.2) is 12.2 Å². The van der Waals surface area contributed by atoms with E-state index >= 15 is 0 Å². The third-order valence-corrected chi connectivity index (χ3v) is 13.9. The van der Waals surface area contributed by atoms with Crippen LogP contribution in [-0.2, 0) is 23.2 Å². The Balaban J connectivity index is 5.56. The number of phosphoric acid groups is 1. The molecule has 0 fully saturated rings. The largest absolute Gasteiger partial charge is 0.756 e. The zero-order valence-corrected chi connectivity index (χ0v) is 44.8. The fourth-order valence-corrected chi connectivity index (χ4v) is 9.30. The molecule has 0 aliphatic carbocycles. The molecule has 0 aliphatic rings. The number of carbonyl (C=O) groups excluding carboxylic acids is 2. The smallest absolute Gasteiger partial charge is 0.268 e. The molecular weight excluding hydrogens is 832 g/mol. The summed E-state index contributed by atoms with van der Waals surface area (Å²) in [5.74, 6) is -0.739. The quantitative estimate of drug-likeness (QED) is 0.0279. The highest BCUT2D eigenvalue weighted by atomic mass is 31.2. The second-order valence-electron chi connectivity index (χ2n) is 20.5. The van der Waals surface area contributed by atoms with Gasteiger partial charge in [0.1, 0.15) is 13.2 Å². The summed E-state index contributed by atoms with van der Waals surface area (Å²) in [7, 11) is 1.05. The van der Waals surface area contributed by atoms with E-state index in [0.717, 1.165) is 62.7 Å². The van der Waals surface area contributed by atoms with E-state index in [1.165, 1.54) is 173 Å². The molecule has 0 aliphatic heterocycles. The van der Waals surface area contributed by atoms with Gasteiger partial charge in [0.2, 0.25) is 11.8 Å². The van der Waals surface area contributed by atoms with E-state index in [-0.39, 0.29) is 31.3 Å². The monoisotopic (exact) mass is 941 g/mol. The van der Waals surface area contributed by atoms with Gasteiger partial charge in [-0.2, -0.15) is 0 Å². The number of carbonyl (C=O) groups is 2. The van der Waals surface area contributed by atoms with E-state index in [2.05, 4.69) is 20.8 Å². The van der Waals surface area contributed by atoms with Crippen LogP contribution in [0.2, 0.25) is 0 Å². The molecule has 0 radical (unpaired) electrons. The molecule has 3 atom stereocenters. The topological polar surface area (TPSA) is 116 Å². The highest BCUT2D eigenvalue weighted by molar-refractivity contribution is 7.45. The molecule has 0 saturated heterocycles. The molecule has 9 nitrogen and oxygen atoms in total. The lowest BCUT2D eigenvalue weighted by molar-refractivity contribution is -0.870. The van der Waals surface area contributed by atoms with Crippen molar-refractivity contribution in [2.24, 2.45) is 0 Å². The lowest BCUT2D eigenvalue weighted by Crippen LogP contribution is -2.52. The maximum Gasteiger partial charge on any atom is 0.268 e. The fraction of sp³-hybridized carbons (Fsp3) is 0.927. The van der Waals surface area contributed by atoms with Crippen LogP contribution >= 0.6 is 7.82 Å². The molecule has 0 aromatic carbocycles. The van der Waals surface area contributed by atoms with Gasteiger partial charge < -0.3 is 23.5 Å². The van der Waals surface area contributed by atoms with Crippen molar-refractivity contribution in [3.8, 4) is 0 Å². The highest BCUT2D eigenvalue weighted by Crippen LogP contribution is 2.39. The van der Waals surface area contributed by atoms with Crippen molar-refractivity contribution in [3.63, 3.8) is 0 Å². The van der Waals surface area contributed by atoms with Gasteiger partial charge in [-0.1, -0.05) is 251 Å². The number of unbranched alkanes of at least 4 members (excludes halogenated alkanes) is 35. The summed E-state index contributed by atoms with van der Waals surface area (Å²) in [5.41, 5.74) is 0. The third kappa shape index (κ3) is 42.7. The van der Waals surface area contributed by atoms with E-state index in [1.807, 2.05) is 27.2 Å². The molecule has 0 spiro atoms. The first-order valence-corrected chi connectivity index (χ1v) is 29.4. The lowest BCUT2D eigenvalue weighted by atomic mass is 10.0. The maximum atomic E-state index is 14.1. The zero-order valence-electron chi connectivity index (χ0n) is 44.0. The molecule has 1 unspecified atom stereocenters. The lowest BCUT2D eigenvalue weighted by Gasteiger charge is -2.34. The Labute approximate surface area is 403 Å². The minimum atomic E-state index is -4.78. The number of aliphatic hydroxyl groups is 1. The van der Waals surface area contributed by atoms with Crippen LogP contribution in [0, 0.1) is 0 Å². The second kappa shape index (κ2) is 45.4. The molecule has 0 aromatic rings. The van der Waals surface area contributed by atoms with Gasteiger partial charge in [-0.15, -0.1) is 0 Å². The number of hydrogen-bond donors (Lipinski definition) is 1. The number of likely N-dealkylation sites (N-methyl/N-ethyl adjacent to an activating group) is 1. The average molecular weight is 941 g/mol. The van der Waals surface area contributed by atoms with Crippen LogP contribution in [0.3, 0.4) is 0 Å². The molecule has 10 heteroatoms. The number of amides is 2. The highest BCUT2D eigenvalue weighted by Gasteiger charge is 2.34. The summed E-state index contributed by atoms with van der Waals surface area (Å²) in [6.45, 7) is 6.60. The number of nitrogens with zero attached hydrogens (tertiary/aromatic N) is 2. The molecule has 1 N–H and O–H groups in total. The van der Waals surface area contributed by atoms with Crippen molar-refractivity contribution in [1.82, 2.24) is 4.90 Å². The molecule has 0 aromatic heterocycles. The number of phosphoric ester groups is 1. The van der Waals surface area contributed by atoms with Crippen LogP contribution in [0.5, 0.6) is 0 Å². The first kappa shape index (κ1) is 63.9. The Kier molecular flexibility index (Phi) is 44.6. The van der Waals surface area contributed by atoms with Gasteiger partial charge in [0, 0.05) is 12.8 Å². The number of aliphatic hydroxyl groups excluding tert-OH is 1. The van der Waals surface area contributed by atoms with E-state index in [9.17, 15) is 24.2 Å². The number of allylic oxidation sites excluding steroid dienone is 1. The van der Waals surface area contributed by atoms with Gasteiger partial charge in [0.05, 0.1) is 39.9 Å². The number of hydrogen-bond acceptors (Lipinski definition) is 7.